The van der Waals surface area contributed by atoms with Gasteiger partial charge in [-0.3, -0.25) is 4.79 Å². The highest BCUT2D eigenvalue weighted by Crippen LogP contribution is 2.07. The molecular formula is C19H40NO3S+. The molecule has 0 aromatic rings. The molecule has 0 radical (unpaired) electrons. The van der Waals surface area contributed by atoms with Crippen LogP contribution in [0.2, 0.25) is 0 Å². The van der Waals surface area contributed by atoms with Crippen molar-refractivity contribution in [2.45, 2.75) is 92.0 Å². The number of nitrogens with one attached hydrogen (secondary N) is 1. The highest BCUT2D eigenvalue weighted by atomic mass is 32.2. The monoisotopic (exact) mass is 362 g/mol. The van der Waals surface area contributed by atoms with Crippen LogP contribution in [-0.4, -0.2) is 36.0 Å². The third-order valence-electron chi connectivity index (χ3n) is 3.45. The molecule has 1 aliphatic rings. The van der Waals surface area contributed by atoms with E-state index in [1.54, 1.807) is 0 Å². The normalized spacial score (nSPS) is 15.5. The van der Waals surface area contributed by atoms with E-state index in [9.17, 15) is 9.59 Å². The van der Waals surface area contributed by atoms with Crippen molar-refractivity contribution in [3.05, 3.63) is 0 Å². The number of hydrogen-bond donors (Lipinski definition) is 1. The number of ether oxygens (including phenoxy) is 1. The maximum atomic E-state index is 11.6. The van der Waals surface area contributed by atoms with Gasteiger partial charge in [0, 0.05) is 6.42 Å². The van der Waals surface area contributed by atoms with Crippen LogP contribution in [0.4, 0.5) is 0 Å². The minimum atomic E-state index is -0.406. The predicted molar refractivity (Wildman–Crippen MR) is 107 cm³/mol. The second-order valence-corrected chi connectivity index (χ2v) is 6.51. The summed E-state index contributed by atoms with van der Waals surface area (Å²) in [5, 5.41) is 2.73. The van der Waals surface area contributed by atoms with Crippen LogP contribution in [0.15, 0.2) is 0 Å². The molecule has 1 saturated heterocycles. The number of esters is 1. The van der Waals surface area contributed by atoms with Gasteiger partial charge in [-0.1, -0.05) is 66.7 Å². The number of unbranched alkanes of at least 4 members (excludes halogenated alkanes) is 6. The molecule has 1 heterocycles. The van der Waals surface area contributed by atoms with Gasteiger partial charge in [-0.05, 0) is 24.6 Å². The van der Waals surface area contributed by atoms with E-state index in [0.29, 0.717) is 18.8 Å². The van der Waals surface area contributed by atoms with Crippen LogP contribution in [-0.2, 0) is 26.1 Å². The fourth-order valence-corrected chi connectivity index (χ4v) is 3.13. The van der Waals surface area contributed by atoms with Crippen LogP contribution >= 0.6 is 0 Å². The van der Waals surface area contributed by atoms with Crippen LogP contribution in [0.3, 0.4) is 0 Å². The fourth-order valence-electron chi connectivity index (χ4n) is 2.23. The van der Waals surface area contributed by atoms with E-state index >= 15 is 0 Å². The van der Waals surface area contributed by atoms with Gasteiger partial charge in [-0.25, -0.2) is 4.79 Å². The summed E-state index contributed by atoms with van der Waals surface area (Å²) in [7, 11) is 0. The Labute approximate surface area is 153 Å². The molecule has 1 unspecified atom stereocenters. The zero-order valence-electron chi connectivity index (χ0n) is 16.5. The van der Waals surface area contributed by atoms with E-state index in [4.69, 9.17) is 4.74 Å². The molecule has 0 aromatic carbocycles. The predicted octanol–water partition coefficient (Wildman–Crippen LogP) is 4.04. The highest BCUT2D eigenvalue weighted by Gasteiger charge is 2.28. The molecule has 24 heavy (non-hydrogen) atoms. The summed E-state index contributed by atoms with van der Waals surface area (Å²) in [6.45, 7) is 10.7. The average molecular weight is 363 g/mol. The summed E-state index contributed by atoms with van der Waals surface area (Å²) in [6, 6.07) is -0.406. The van der Waals surface area contributed by atoms with Crippen LogP contribution in [0.5, 0.6) is 0 Å². The molecule has 1 rings (SSSR count). The first-order chi connectivity index (χ1) is 11.7. The number of cyclic esters (lactones) is 1. The number of carbonyl (C=O) groups is 2. The maximum absolute atomic E-state index is 11.6. The molecule has 0 spiro atoms. The van der Waals surface area contributed by atoms with Gasteiger partial charge in [0.25, 0.3) is 5.91 Å². The Bertz CT molecular complexity index is 298. The quantitative estimate of drug-likeness (QED) is 0.261. The standard InChI is InChI=1S/C15H27NO3S.2C2H6/c1-2-3-4-5-6-7-8-11-20-12-14(17)16-13-9-10-19-15(13)18;2*1-2/h13H,2-12H2,1H3,(H,16,17);2*1-2H3/p+1. The van der Waals surface area contributed by atoms with Crippen molar-refractivity contribution >= 4 is 23.6 Å². The van der Waals surface area contributed by atoms with E-state index in [0.717, 1.165) is 17.5 Å². The summed E-state index contributed by atoms with van der Waals surface area (Å²) in [4.78, 5) is 22.8. The zero-order valence-corrected chi connectivity index (χ0v) is 17.4. The van der Waals surface area contributed by atoms with E-state index in [-0.39, 0.29) is 11.9 Å². The van der Waals surface area contributed by atoms with Crippen LogP contribution < -0.4 is 5.32 Å². The first-order valence-corrected chi connectivity index (χ1v) is 11.1. The minimum absolute atomic E-state index is 0.0292. The van der Waals surface area contributed by atoms with Gasteiger partial charge in [0.1, 0.15) is 11.8 Å². The Balaban J connectivity index is 0. The second-order valence-electron chi connectivity index (χ2n) is 5.30. The molecule has 0 bridgehead atoms. The first kappa shape index (κ1) is 25.5. The van der Waals surface area contributed by atoms with Gasteiger partial charge >= 0.3 is 5.97 Å². The van der Waals surface area contributed by atoms with E-state index in [2.05, 4.69) is 12.2 Å². The molecule has 0 aromatic heterocycles. The van der Waals surface area contributed by atoms with Crippen LogP contribution in [0, 0.1) is 0 Å². The number of carbonyl (C=O) groups excluding carboxylic acids is 2. The van der Waals surface area contributed by atoms with Crippen molar-refractivity contribution in [2.24, 2.45) is 0 Å². The molecule has 0 saturated carbocycles. The SMILES string of the molecule is CC.CC.CCCCCCCCC[SH+]CC(=O)NC1CCOC1=O. The van der Waals surface area contributed by atoms with Gasteiger partial charge in [0.15, 0.2) is 5.75 Å². The molecule has 1 amide bonds. The third-order valence-corrected chi connectivity index (χ3v) is 4.59. The average Bonchev–Trinajstić information content (AvgIpc) is 3.02. The first-order valence-electron chi connectivity index (χ1n) is 9.83. The molecule has 5 heteroatoms. The van der Waals surface area contributed by atoms with Crippen molar-refractivity contribution in [1.29, 1.82) is 0 Å². The second kappa shape index (κ2) is 20.3. The van der Waals surface area contributed by atoms with E-state index in [1.807, 2.05) is 27.7 Å². The fraction of sp³-hybridized carbons (Fsp3) is 0.895. The zero-order chi connectivity index (χ0) is 18.6. The van der Waals surface area contributed by atoms with Crippen molar-refractivity contribution in [3.8, 4) is 0 Å². The molecule has 1 atom stereocenters. The molecule has 4 nitrogen and oxygen atoms in total. The number of hydrogen-bond acceptors (Lipinski definition) is 3. The summed E-state index contributed by atoms with van der Waals surface area (Å²) in [5.41, 5.74) is 0. The van der Waals surface area contributed by atoms with Gasteiger partial charge in [0.05, 0.1) is 6.61 Å². The molecule has 0 aliphatic carbocycles. The Kier molecular flexibility index (Phi) is 21.6. The summed E-state index contributed by atoms with van der Waals surface area (Å²) >= 11 is 1.16. The Morgan fingerprint density at radius 2 is 1.67 bits per heavy atom. The highest BCUT2D eigenvalue weighted by molar-refractivity contribution is 7.79. The van der Waals surface area contributed by atoms with Gasteiger partial charge in [-0.2, -0.15) is 0 Å². The number of rotatable bonds is 11. The maximum Gasteiger partial charge on any atom is 0.328 e. The van der Waals surface area contributed by atoms with E-state index < -0.39 is 6.04 Å². The summed E-state index contributed by atoms with van der Waals surface area (Å²) in [5.74, 6) is 1.26. The van der Waals surface area contributed by atoms with E-state index in [1.165, 1.54) is 44.9 Å². The molecular weight excluding hydrogens is 322 g/mol. The third kappa shape index (κ3) is 14.9. The summed E-state index contributed by atoms with van der Waals surface area (Å²) < 4.78 is 4.81. The molecule has 144 valence electrons. The largest absolute Gasteiger partial charge is 0.464 e. The lowest BCUT2D eigenvalue weighted by Crippen LogP contribution is -2.39. The van der Waals surface area contributed by atoms with Crippen molar-refractivity contribution in [1.82, 2.24) is 5.32 Å². The lowest BCUT2D eigenvalue weighted by molar-refractivity contribution is -0.141. The molecule has 1 fully saturated rings. The lowest BCUT2D eigenvalue weighted by Gasteiger charge is -2.05. The van der Waals surface area contributed by atoms with Crippen molar-refractivity contribution in [3.63, 3.8) is 0 Å². The Hall–Kier alpha value is -0.710. The van der Waals surface area contributed by atoms with Gasteiger partial charge < -0.3 is 10.1 Å². The Morgan fingerprint density at radius 3 is 2.21 bits per heavy atom. The number of amides is 1. The summed E-state index contributed by atoms with van der Waals surface area (Å²) in [6.07, 6.45) is 9.74. The minimum Gasteiger partial charge on any atom is -0.464 e. The van der Waals surface area contributed by atoms with Crippen LogP contribution in [0.25, 0.3) is 0 Å². The van der Waals surface area contributed by atoms with Crippen molar-refractivity contribution in [2.75, 3.05) is 18.1 Å². The smallest absolute Gasteiger partial charge is 0.328 e. The molecule has 1 aliphatic heterocycles. The van der Waals surface area contributed by atoms with Gasteiger partial charge in [0.2, 0.25) is 0 Å². The van der Waals surface area contributed by atoms with Crippen molar-refractivity contribution < 1.29 is 14.3 Å². The number of thiol groups is 1. The van der Waals surface area contributed by atoms with Crippen LogP contribution in [0.1, 0.15) is 86.0 Å². The molecule has 1 N–H and O–H groups in total. The topological polar surface area (TPSA) is 55.4 Å². The Morgan fingerprint density at radius 1 is 1.08 bits per heavy atom. The lowest BCUT2D eigenvalue weighted by atomic mass is 10.1. The van der Waals surface area contributed by atoms with Gasteiger partial charge in [-0.15, -0.1) is 0 Å².